The molecule has 268 valence electrons. The average Bonchev–Trinajstić information content (AvgIpc) is 3.13. The summed E-state index contributed by atoms with van der Waals surface area (Å²) in [6.45, 7) is 2.61. The first-order valence-electron chi connectivity index (χ1n) is 16.6. The number of anilines is 1. The molecule has 2 atom stereocenters. The zero-order chi connectivity index (χ0) is 36.2. The first-order valence-corrected chi connectivity index (χ1v) is 17.3. The molecule has 4 heterocycles. The highest BCUT2D eigenvalue weighted by atomic mass is 35.5. The van der Waals surface area contributed by atoms with Crippen LogP contribution in [0.2, 0.25) is 10.0 Å². The van der Waals surface area contributed by atoms with Crippen LogP contribution in [-0.2, 0) is 17.7 Å². The van der Waals surface area contributed by atoms with Gasteiger partial charge < -0.3 is 28.8 Å². The highest BCUT2D eigenvalue weighted by Gasteiger charge is 2.38. The van der Waals surface area contributed by atoms with Gasteiger partial charge in [-0.2, -0.15) is 0 Å². The van der Waals surface area contributed by atoms with Crippen molar-refractivity contribution in [1.82, 2.24) is 4.90 Å². The number of carboxylic acids is 1. The number of aromatic nitrogens is 1. The summed E-state index contributed by atoms with van der Waals surface area (Å²) in [7, 11) is 4.59. The maximum Gasteiger partial charge on any atom is 0.414 e. The minimum Gasteiger partial charge on any atom is -0.545 e. The molecule has 3 fully saturated rings. The Morgan fingerprint density at radius 1 is 0.961 bits per heavy atom. The number of pyridine rings is 1. The van der Waals surface area contributed by atoms with Crippen LogP contribution >= 0.6 is 23.2 Å². The number of ether oxygens (including phenoxy) is 4. The molecule has 13 heteroatoms. The Bertz CT molecular complexity index is 1880. The van der Waals surface area contributed by atoms with Crippen molar-refractivity contribution in [2.75, 3.05) is 45.9 Å². The Hall–Kier alpha value is -4.71. The Labute approximate surface area is 306 Å². The molecule has 3 aromatic carbocycles. The number of benzene rings is 3. The van der Waals surface area contributed by atoms with E-state index in [4.69, 9.17) is 42.1 Å². The van der Waals surface area contributed by atoms with E-state index in [0.29, 0.717) is 51.7 Å². The predicted octanol–water partition coefficient (Wildman–Crippen LogP) is 5.52. The van der Waals surface area contributed by atoms with E-state index in [1.807, 2.05) is 6.07 Å². The van der Waals surface area contributed by atoms with Gasteiger partial charge in [0.05, 0.1) is 33.8 Å². The molecule has 1 N–H and O–H groups in total. The van der Waals surface area contributed by atoms with Crippen LogP contribution in [0.1, 0.15) is 51.4 Å². The predicted molar refractivity (Wildman–Crippen MR) is 188 cm³/mol. The van der Waals surface area contributed by atoms with Gasteiger partial charge in [-0.1, -0.05) is 47.5 Å². The summed E-state index contributed by atoms with van der Waals surface area (Å²) < 4.78 is 23.5. The quantitative estimate of drug-likeness (QED) is 0.148. The first-order chi connectivity index (χ1) is 24.6. The van der Waals surface area contributed by atoms with Crippen LogP contribution in [-0.4, -0.2) is 69.2 Å². The minimum atomic E-state index is -1.40. The summed E-state index contributed by atoms with van der Waals surface area (Å²) in [5.41, 5.74) is 2.49. The lowest BCUT2D eigenvalue weighted by atomic mass is 9.80. The maximum atomic E-state index is 14.2. The summed E-state index contributed by atoms with van der Waals surface area (Å²) in [5, 5.41) is 23.3. The molecule has 7 rings (SSSR count). The summed E-state index contributed by atoms with van der Waals surface area (Å²) >= 11 is 13.3. The first kappa shape index (κ1) is 36.1. The lowest BCUT2D eigenvalue weighted by Gasteiger charge is -2.44. The van der Waals surface area contributed by atoms with Crippen LogP contribution in [0.4, 0.5) is 10.5 Å². The van der Waals surface area contributed by atoms with E-state index >= 15 is 0 Å². The molecule has 11 nitrogen and oxygen atoms in total. The monoisotopic (exact) mass is 735 g/mol. The molecular weight excluding hydrogens is 697 g/mol. The lowest BCUT2D eigenvalue weighted by Crippen LogP contribution is -2.53. The smallest absolute Gasteiger partial charge is 0.414 e. The van der Waals surface area contributed by atoms with Crippen molar-refractivity contribution in [2.45, 2.75) is 37.8 Å². The van der Waals surface area contributed by atoms with Gasteiger partial charge in [0, 0.05) is 34.0 Å². The number of hydrogen-bond acceptors (Lipinski definition) is 9. The van der Waals surface area contributed by atoms with Crippen molar-refractivity contribution in [3.8, 4) is 17.2 Å². The number of aromatic carboxylic acids is 1. The van der Waals surface area contributed by atoms with E-state index in [0.717, 1.165) is 30.7 Å². The Morgan fingerprint density at radius 2 is 1.65 bits per heavy atom. The maximum absolute atomic E-state index is 14.2. The Morgan fingerprint density at radius 3 is 2.24 bits per heavy atom. The van der Waals surface area contributed by atoms with Gasteiger partial charge in [-0.05, 0) is 91.4 Å². The largest absolute Gasteiger partial charge is 0.545 e. The van der Waals surface area contributed by atoms with Crippen LogP contribution in [0.3, 0.4) is 0 Å². The molecule has 3 aliphatic heterocycles. The zero-order valence-corrected chi connectivity index (χ0v) is 30.0. The number of carbonyl (C=O) groups is 2. The van der Waals surface area contributed by atoms with Gasteiger partial charge >= 0.3 is 6.09 Å². The van der Waals surface area contributed by atoms with E-state index in [-0.39, 0.29) is 40.6 Å². The van der Waals surface area contributed by atoms with Gasteiger partial charge in [0.2, 0.25) is 12.4 Å². The molecule has 0 saturated carbocycles. The molecule has 0 radical (unpaired) electrons. The second-order valence-corrected chi connectivity index (χ2v) is 13.5. The number of halogens is 2. The van der Waals surface area contributed by atoms with Crippen LogP contribution in [0.15, 0.2) is 73.1 Å². The fourth-order valence-electron chi connectivity index (χ4n) is 7.17. The molecule has 3 aliphatic rings. The van der Waals surface area contributed by atoms with Crippen molar-refractivity contribution in [2.24, 2.45) is 5.92 Å². The van der Waals surface area contributed by atoms with Gasteiger partial charge in [-0.25, -0.2) is 4.79 Å². The molecule has 2 bridgehead atoms. The number of carboxylic acid groups (broad SMARTS) is 1. The summed E-state index contributed by atoms with van der Waals surface area (Å²) in [5.74, 6) is -0.325. The zero-order valence-electron chi connectivity index (χ0n) is 28.5. The van der Waals surface area contributed by atoms with Gasteiger partial charge in [-0.3, -0.25) is 15.0 Å². The Kier molecular flexibility index (Phi) is 11.1. The van der Waals surface area contributed by atoms with Gasteiger partial charge in [0.25, 0.3) is 0 Å². The Balaban J connectivity index is 1.49. The SMILES string of the molecule is COc1ccc(N(Cc2cccc(C(=O)[O-])c2[C@@H](Cc2c(Cl)c[n+](O)cc2Cl)c2ccc(OC)c(OC)c2)C(=O)O[C@H]2CN3CCC2CC3)cc1. The molecule has 0 unspecified atom stereocenters. The number of carbonyl (C=O) groups excluding carboxylic acids is 2. The van der Waals surface area contributed by atoms with Crippen molar-refractivity contribution in [1.29, 1.82) is 0 Å². The fourth-order valence-corrected chi connectivity index (χ4v) is 7.77. The lowest BCUT2D eigenvalue weighted by molar-refractivity contribution is -0.904. The molecule has 1 amide bonds. The second-order valence-electron chi connectivity index (χ2n) is 12.7. The molecule has 51 heavy (non-hydrogen) atoms. The van der Waals surface area contributed by atoms with E-state index in [1.54, 1.807) is 55.6 Å². The highest BCUT2D eigenvalue weighted by Crippen LogP contribution is 2.41. The topological polar surface area (TPSA) is 125 Å². The third-order valence-electron chi connectivity index (χ3n) is 9.83. The van der Waals surface area contributed by atoms with Gasteiger partial charge in [0.15, 0.2) is 11.5 Å². The van der Waals surface area contributed by atoms with Crippen molar-refractivity contribution >= 4 is 41.0 Å². The fraction of sp³-hybridized carbons (Fsp3) is 0.342. The van der Waals surface area contributed by atoms with Crippen LogP contribution in [0.5, 0.6) is 17.2 Å². The number of fused-ring (bicyclic) bond motifs is 3. The highest BCUT2D eigenvalue weighted by molar-refractivity contribution is 6.35. The third-order valence-corrected chi connectivity index (χ3v) is 10.5. The summed E-state index contributed by atoms with van der Waals surface area (Å²) in [6.07, 6.45) is 3.83. The normalized spacial score (nSPS) is 18.5. The van der Waals surface area contributed by atoms with Crippen molar-refractivity contribution in [3.05, 3.63) is 111 Å². The van der Waals surface area contributed by atoms with E-state index in [9.17, 15) is 19.9 Å². The minimum absolute atomic E-state index is 0.0423. The average molecular weight is 737 g/mol. The number of hydrogen-bond donors (Lipinski definition) is 1. The molecule has 0 spiro atoms. The van der Waals surface area contributed by atoms with Crippen LogP contribution in [0, 0.1) is 5.92 Å². The van der Waals surface area contributed by atoms with Crippen molar-refractivity contribution in [3.63, 3.8) is 0 Å². The van der Waals surface area contributed by atoms with Crippen LogP contribution < -0.4 is 28.9 Å². The summed E-state index contributed by atoms with van der Waals surface area (Å²) in [4.78, 5) is 30.9. The second kappa shape index (κ2) is 15.7. The molecule has 0 aliphatic carbocycles. The number of methoxy groups -OCH3 is 3. The standard InChI is InChI=1S/C38H39Cl2N3O8/c1-48-27-10-8-26(9-11-27)43(38(46)51-35-22-41-15-13-23(35)14-16-41)19-25-5-4-6-28(37(44)45)36(25)29(18-30-31(39)20-42(47)21-32(30)40)24-7-12-33(49-2)34(17-24)50-3/h4-12,17,20-21,23,29,35H,13-16,18-19,22H2,1-3H3,(H-,44,45,47)/t29-,35-/m0/s1. The number of nitrogens with zero attached hydrogens (tertiary/aromatic N) is 3. The van der Waals surface area contributed by atoms with E-state index in [2.05, 4.69) is 4.90 Å². The third kappa shape index (κ3) is 7.80. The summed E-state index contributed by atoms with van der Waals surface area (Å²) in [6, 6.07) is 17.2. The van der Waals surface area contributed by atoms with Crippen molar-refractivity contribution < 1.29 is 43.6 Å². The van der Waals surface area contributed by atoms with Crippen LogP contribution in [0.25, 0.3) is 0 Å². The number of rotatable bonds is 12. The molecular formula is C38H39Cl2N3O8. The number of piperidine rings is 3. The molecule has 1 aromatic heterocycles. The number of amides is 1. The van der Waals surface area contributed by atoms with Gasteiger partial charge in [0.1, 0.15) is 21.9 Å². The van der Waals surface area contributed by atoms with Gasteiger partial charge in [-0.15, -0.1) is 0 Å². The molecule has 3 saturated heterocycles. The molecule has 4 aromatic rings. The van der Waals surface area contributed by atoms with E-state index < -0.39 is 18.0 Å². The van der Waals surface area contributed by atoms with E-state index in [1.165, 1.54) is 37.6 Å².